The predicted octanol–water partition coefficient (Wildman–Crippen LogP) is 2.66. The Morgan fingerprint density at radius 2 is 2.25 bits per heavy atom. The van der Waals surface area contributed by atoms with Crippen molar-refractivity contribution >= 4 is 11.3 Å². The van der Waals surface area contributed by atoms with Gasteiger partial charge in [0.1, 0.15) is 0 Å². The Bertz CT molecular complexity index is 204. The van der Waals surface area contributed by atoms with Crippen LogP contribution in [-0.2, 0) is 6.42 Å². The largest absolute Gasteiger partial charge is 0.328 e. The molecule has 0 saturated heterocycles. The van der Waals surface area contributed by atoms with Crippen molar-refractivity contribution in [3.8, 4) is 0 Å². The Labute approximate surface area is 78.6 Å². The maximum absolute atomic E-state index is 5.73. The zero-order valence-electron chi connectivity index (χ0n) is 7.79. The fourth-order valence-corrected chi connectivity index (χ4v) is 2.36. The summed E-state index contributed by atoms with van der Waals surface area (Å²) in [6, 6.07) is 4.64. The first kappa shape index (κ1) is 9.75. The molecule has 1 aromatic rings. The lowest BCUT2D eigenvalue weighted by Gasteiger charge is -2.12. The van der Waals surface area contributed by atoms with Gasteiger partial charge in [0.05, 0.1) is 0 Å². The third-order valence-electron chi connectivity index (χ3n) is 1.90. The van der Waals surface area contributed by atoms with Gasteiger partial charge in [0.15, 0.2) is 0 Å². The first-order chi connectivity index (χ1) is 5.68. The van der Waals surface area contributed by atoms with Crippen LogP contribution in [0.5, 0.6) is 0 Å². The van der Waals surface area contributed by atoms with Crippen molar-refractivity contribution in [2.75, 3.05) is 0 Å². The smallest absolute Gasteiger partial charge is 0.00478 e. The van der Waals surface area contributed by atoms with Crippen LogP contribution in [-0.4, -0.2) is 6.04 Å². The van der Waals surface area contributed by atoms with Crippen molar-refractivity contribution in [3.63, 3.8) is 0 Å². The molecule has 1 nitrogen and oxygen atoms in total. The fraction of sp³-hybridized carbons (Fsp3) is 0.600. The average molecular weight is 183 g/mol. The third-order valence-corrected chi connectivity index (χ3v) is 2.80. The van der Waals surface area contributed by atoms with E-state index in [0.717, 1.165) is 6.42 Å². The van der Waals surface area contributed by atoms with Crippen molar-refractivity contribution < 1.29 is 0 Å². The van der Waals surface area contributed by atoms with Gasteiger partial charge < -0.3 is 5.73 Å². The number of thiophene rings is 1. The van der Waals surface area contributed by atoms with E-state index < -0.39 is 0 Å². The second kappa shape index (κ2) is 4.63. The number of nitrogens with two attached hydrogens (primary N) is 1. The molecule has 2 atom stereocenters. The summed E-state index contributed by atoms with van der Waals surface area (Å²) in [5.74, 6) is 0.712. The first-order valence-corrected chi connectivity index (χ1v) is 5.34. The third kappa shape index (κ3) is 3.37. The Morgan fingerprint density at radius 3 is 2.75 bits per heavy atom. The number of rotatable bonds is 4. The lowest BCUT2D eigenvalue weighted by molar-refractivity contribution is 0.482. The molecule has 1 aromatic heterocycles. The molecule has 2 heteroatoms. The summed E-state index contributed by atoms with van der Waals surface area (Å²) in [6.07, 6.45) is 2.30. The van der Waals surface area contributed by atoms with Crippen LogP contribution in [0, 0.1) is 5.92 Å². The Morgan fingerprint density at radius 1 is 1.50 bits per heavy atom. The van der Waals surface area contributed by atoms with E-state index in [1.165, 1.54) is 11.3 Å². The van der Waals surface area contributed by atoms with Crippen molar-refractivity contribution in [1.82, 2.24) is 0 Å². The van der Waals surface area contributed by atoms with E-state index in [4.69, 9.17) is 5.73 Å². The van der Waals surface area contributed by atoms with Crippen molar-refractivity contribution in [2.24, 2.45) is 11.7 Å². The van der Waals surface area contributed by atoms with Gasteiger partial charge >= 0.3 is 0 Å². The van der Waals surface area contributed by atoms with E-state index in [1.54, 1.807) is 0 Å². The lowest BCUT2D eigenvalue weighted by Crippen LogP contribution is -2.19. The average Bonchev–Trinajstić information content (AvgIpc) is 2.37. The molecule has 0 aromatic carbocycles. The summed E-state index contributed by atoms with van der Waals surface area (Å²) in [5.41, 5.74) is 5.73. The normalized spacial score (nSPS) is 15.9. The number of hydrogen-bond donors (Lipinski definition) is 1. The van der Waals surface area contributed by atoms with Gasteiger partial charge in [0, 0.05) is 10.9 Å². The van der Waals surface area contributed by atoms with Crippen LogP contribution < -0.4 is 5.73 Å². The van der Waals surface area contributed by atoms with Crippen LogP contribution in [0.25, 0.3) is 0 Å². The van der Waals surface area contributed by atoms with E-state index in [9.17, 15) is 0 Å². The summed E-state index contributed by atoms with van der Waals surface area (Å²) in [4.78, 5) is 1.48. The molecule has 0 amide bonds. The van der Waals surface area contributed by atoms with Gasteiger partial charge in [-0.05, 0) is 37.1 Å². The first-order valence-electron chi connectivity index (χ1n) is 4.46. The molecule has 2 N–H and O–H groups in total. The summed E-state index contributed by atoms with van der Waals surface area (Å²) >= 11 is 1.84. The number of hydrogen-bond acceptors (Lipinski definition) is 2. The van der Waals surface area contributed by atoms with E-state index >= 15 is 0 Å². The summed E-state index contributed by atoms with van der Waals surface area (Å²) in [6.45, 7) is 4.34. The topological polar surface area (TPSA) is 26.0 Å². The highest BCUT2D eigenvalue weighted by Crippen LogP contribution is 2.16. The SMILES string of the molecule is C[C@@H](Cc1cccs1)C[C@H](C)N. The molecular weight excluding hydrogens is 166 g/mol. The van der Waals surface area contributed by atoms with Crippen molar-refractivity contribution in [3.05, 3.63) is 22.4 Å². The van der Waals surface area contributed by atoms with Gasteiger partial charge in [-0.3, -0.25) is 0 Å². The van der Waals surface area contributed by atoms with Crippen LogP contribution >= 0.6 is 11.3 Å². The summed E-state index contributed by atoms with van der Waals surface area (Å²) < 4.78 is 0. The minimum Gasteiger partial charge on any atom is -0.328 e. The van der Waals surface area contributed by atoms with Gasteiger partial charge in [0.2, 0.25) is 0 Å². The van der Waals surface area contributed by atoms with Crippen LogP contribution in [0.15, 0.2) is 17.5 Å². The predicted molar refractivity (Wildman–Crippen MR) is 55.5 cm³/mol. The van der Waals surface area contributed by atoms with Gasteiger partial charge in [-0.2, -0.15) is 0 Å². The molecule has 68 valence electrons. The molecule has 0 aliphatic carbocycles. The molecule has 0 aliphatic heterocycles. The molecule has 0 aliphatic rings. The van der Waals surface area contributed by atoms with Crippen LogP contribution in [0.2, 0.25) is 0 Å². The van der Waals surface area contributed by atoms with E-state index in [0.29, 0.717) is 12.0 Å². The van der Waals surface area contributed by atoms with Gasteiger partial charge in [0.25, 0.3) is 0 Å². The highest BCUT2D eigenvalue weighted by Gasteiger charge is 2.06. The van der Waals surface area contributed by atoms with Crippen molar-refractivity contribution in [1.29, 1.82) is 0 Å². The van der Waals surface area contributed by atoms with E-state index in [2.05, 4.69) is 31.4 Å². The van der Waals surface area contributed by atoms with Gasteiger partial charge in [-0.1, -0.05) is 13.0 Å². The highest BCUT2D eigenvalue weighted by molar-refractivity contribution is 7.09. The summed E-state index contributed by atoms with van der Waals surface area (Å²) in [5, 5.41) is 2.13. The quantitative estimate of drug-likeness (QED) is 0.763. The Hall–Kier alpha value is -0.340. The minimum absolute atomic E-state index is 0.333. The maximum Gasteiger partial charge on any atom is 0.00478 e. The fourth-order valence-electron chi connectivity index (χ4n) is 1.49. The standard InChI is InChI=1S/C10H17NS/c1-8(6-9(2)11)7-10-4-3-5-12-10/h3-5,8-9H,6-7,11H2,1-2H3/t8-,9+/m1/s1. The molecule has 0 unspecified atom stereocenters. The van der Waals surface area contributed by atoms with Crippen LogP contribution in [0.1, 0.15) is 25.1 Å². The molecular formula is C10H17NS. The van der Waals surface area contributed by atoms with Crippen molar-refractivity contribution in [2.45, 2.75) is 32.7 Å². The lowest BCUT2D eigenvalue weighted by atomic mass is 9.99. The van der Waals surface area contributed by atoms with Gasteiger partial charge in [-0.15, -0.1) is 11.3 Å². The molecule has 12 heavy (non-hydrogen) atoms. The zero-order chi connectivity index (χ0) is 8.97. The zero-order valence-corrected chi connectivity index (χ0v) is 8.60. The van der Waals surface area contributed by atoms with Crippen LogP contribution in [0.4, 0.5) is 0 Å². The Balaban J connectivity index is 2.32. The van der Waals surface area contributed by atoms with Gasteiger partial charge in [-0.25, -0.2) is 0 Å². The second-order valence-electron chi connectivity index (χ2n) is 3.60. The summed E-state index contributed by atoms with van der Waals surface area (Å²) in [7, 11) is 0. The minimum atomic E-state index is 0.333. The molecule has 0 bridgehead atoms. The van der Waals surface area contributed by atoms with E-state index in [1.807, 2.05) is 11.3 Å². The maximum atomic E-state index is 5.73. The second-order valence-corrected chi connectivity index (χ2v) is 4.63. The molecule has 0 fully saturated rings. The monoisotopic (exact) mass is 183 g/mol. The molecule has 0 spiro atoms. The molecule has 0 saturated carbocycles. The molecule has 1 heterocycles. The highest BCUT2D eigenvalue weighted by atomic mass is 32.1. The van der Waals surface area contributed by atoms with E-state index in [-0.39, 0.29) is 0 Å². The Kier molecular flexibility index (Phi) is 3.76. The van der Waals surface area contributed by atoms with Crippen LogP contribution in [0.3, 0.4) is 0 Å². The molecule has 1 rings (SSSR count). The molecule has 0 radical (unpaired) electrons.